The number of hydrogen-bond acceptors (Lipinski definition) is 2. The molecule has 0 amide bonds. The highest BCUT2D eigenvalue weighted by molar-refractivity contribution is 7.18. The molecule has 0 aliphatic rings. The number of thiophene rings is 2. The van der Waals surface area contributed by atoms with Crippen LogP contribution in [0.25, 0.3) is 31.3 Å². The third-order valence-electron chi connectivity index (χ3n) is 3.20. The molecule has 85 valence electrons. The van der Waals surface area contributed by atoms with Gasteiger partial charge in [-0.2, -0.15) is 0 Å². The first-order valence-electron chi connectivity index (χ1n) is 5.77. The fourth-order valence-corrected chi connectivity index (χ4v) is 4.11. The number of rotatable bonds is 1. The van der Waals surface area contributed by atoms with E-state index in [1.165, 1.54) is 31.3 Å². The van der Waals surface area contributed by atoms with Gasteiger partial charge in [-0.15, -0.1) is 22.7 Å². The van der Waals surface area contributed by atoms with Crippen LogP contribution in [0.3, 0.4) is 0 Å². The summed E-state index contributed by atoms with van der Waals surface area (Å²) in [6, 6.07) is 18.1. The first-order chi connectivity index (χ1) is 8.93. The van der Waals surface area contributed by atoms with Crippen molar-refractivity contribution >= 4 is 42.8 Å². The fourth-order valence-electron chi connectivity index (χ4n) is 2.35. The lowest BCUT2D eigenvalue weighted by Gasteiger charge is -2.02. The van der Waals surface area contributed by atoms with Crippen molar-refractivity contribution in [2.24, 2.45) is 0 Å². The van der Waals surface area contributed by atoms with Crippen molar-refractivity contribution < 1.29 is 0 Å². The maximum Gasteiger partial charge on any atom is 0.0349 e. The minimum absolute atomic E-state index is 1.31. The van der Waals surface area contributed by atoms with Crippen LogP contribution in [0.1, 0.15) is 0 Å². The van der Waals surface area contributed by atoms with E-state index in [0.29, 0.717) is 0 Å². The number of fused-ring (bicyclic) bond motifs is 2. The predicted molar refractivity (Wildman–Crippen MR) is 81.5 cm³/mol. The van der Waals surface area contributed by atoms with Gasteiger partial charge in [0.1, 0.15) is 0 Å². The molecule has 0 aliphatic heterocycles. The van der Waals surface area contributed by atoms with Crippen molar-refractivity contribution in [3.05, 3.63) is 59.3 Å². The molecule has 0 spiro atoms. The molecule has 0 saturated heterocycles. The summed E-state index contributed by atoms with van der Waals surface area (Å²) in [6.45, 7) is 0. The van der Waals surface area contributed by atoms with Crippen molar-refractivity contribution in [1.82, 2.24) is 0 Å². The van der Waals surface area contributed by atoms with Crippen molar-refractivity contribution in [2.45, 2.75) is 0 Å². The first kappa shape index (κ1) is 10.3. The summed E-state index contributed by atoms with van der Waals surface area (Å²) < 4.78 is 2.68. The van der Waals surface area contributed by atoms with Crippen LogP contribution in [0.5, 0.6) is 0 Å². The van der Waals surface area contributed by atoms with E-state index in [0.717, 1.165) is 0 Å². The fraction of sp³-hybridized carbons (Fsp3) is 0. The second-order valence-corrected chi connectivity index (χ2v) is 6.07. The van der Waals surface area contributed by atoms with Gasteiger partial charge in [-0.25, -0.2) is 0 Å². The summed E-state index contributed by atoms with van der Waals surface area (Å²) in [5, 5.41) is 7.08. The van der Waals surface area contributed by atoms with Crippen LogP contribution in [0.4, 0.5) is 0 Å². The standard InChI is InChI=1S/C16H9S2/c1-2-6-16-12(4-1)14(10-18-16)11-5-3-7-15-13(11)8-9-17-15/h2-10H. The van der Waals surface area contributed by atoms with Crippen LogP contribution in [0.2, 0.25) is 0 Å². The van der Waals surface area contributed by atoms with Gasteiger partial charge in [0.05, 0.1) is 0 Å². The Labute approximate surface area is 113 Å². The summed E-state index contributed by atoms with van der Waals surface area (Å²) in [6.07, 6.45) is 0. The van der Waals surface area contributed by atoms with Gasteiger partial charge in [0.25, 0.3) is 0 Å². The molecule has 4 rings (SSSR count). The molecule has 1 radical (unpaired) electrons. The zero-order valence-corrected chi connectivity index (χ0v) is 11.1. The van der Waals surface area contributed by atoms with E-state index in [4.69, 9.17) is 0 Å². The Bertz CT molecular complexity index is 836. The van der Waals surface area contributed by atoms with Gasteiger partial charge in [0.15, 0.2) is 0 Å². The van der Waals surface area contributed by atoms with E-state index in [1.807, 2.05) is 6.07 Å². The minimum Gasteiger partial charge on any atom is -0.144 e. The van der Waals surface area contributed by atoms with Gasteiger partial charge in [-0.05, 0) is 46.7 Å². The summed E-state index contributed by atoms with van der Waals surface area (Å²) in [5.41, 5.74) is 2.66. The van der Waals surface area contributed by atoms with Gasteiger partial charge in [0.2, 0.25) is 0 Å². The lowest BCUT2D eigenvalue weighted by molar-refractivity contribution is 1.78. The SMILES string of the molecule is [c]1ccc2scc(-c3cccc4sccc34)c2c1. The Balaban J connectivity index is 2.10. The molecular formula is C16H9S2. The maximum absolute atomic E-state index is 3.18. The molecule has 0 N–H and O–H groups in total. The number of hydrogen-bond donors (Lipinski definition) is 0. The Morgan fingerprint density at radius 3 is 2.78 bits per heavy atom. The molecule has 0 atom stereocenters. The van der Waals surface area contributed by atoms with Gasteiger partial charge in [0, 0.05) is 25.7 Å². The molecule has 0 unspecified atom stereocenters. The lowest BCUT2D eigenvalue weighted by atomic mass is 10.0. The van der Waals surface area contributed by atoms with E-state index in [1.54, 1.807) is 22.7 Å². The van der Waals surface area contributed by atoms with Crippen molar-refractivity contribution in [3.8, 4) is 11.1 Å². The molecule has 0 saturated carbocycles. The smallest absolute Gasteiger partial charge is 0.0349 e. The van der Waals surface area contributed by atoms with Crippen LogP contribution in [-0.2, 0) is 0 Å². The van der Waals surface area contributed by atoms with E-state index >= 15 is 0 Å². The molecule has 2 aromatic heterocycles. The quantitative estimate of drug-likeness (QED) is 0.421. The van der Waals surface area contributed by atoms with E-state index in [9.17, 15) is 0 Å². The third kappa shape index (κ3) is 1.43. The Morgan fingerprint density at radius 1 is 0.833 bits per heavy atom. The third-order valence-corrected chi connectivity index (χ3v) is 5.05. The van der Waals surface area contributed by atoms with E-state index in [-0.39, 0.29) is 0 Å². The van der Waals surface area contributed by atoms with Crippen LogP contribution < -0.4 is 0 Å². The molecule has 0 nitrogen and oxygen atoms in total. The second kappa shape index (κ2) is 3.94. The topological polar surface area (TPSA) is 0 Å². The van der Waals surface area contributed by atoms with Gasteiger partial charge in [-0.3, -0.25) is 0 Å². The highest BCUT2D eigenvalue weighted by atomic mass is 32.1. The van der Waals surface area contributed by atoms with Crippen molar-refractivity contribution in [2.75, 3.05) is 0 Å². The largest absolute Gasteiger partial charge is 0.144 e. The normalized spacial score (nSPS) is 11.3. The molecule has 0 aliphatic carbocycles. The zero-order chi connectivity index (χ0) is 11.9. The average molecular weight is 265 g/mol. The maximum atomic E-state index is 3.18. The summed E-state index contributed by atoms with van der Waals surface area (Å²) in [7, 11) is 0. The van der Waals surface area contributed by atoms with Crippen LogP contribution >= 0.6 is 22.7 Å². The van der Waals surface area contributed by atoms with E-state index in [2.05, 4.69) is 53.2 Å². The molecule has 2 aromatic carbocycles. The van der Waals surface area contributed by atoms with Gasteiger partial charge >= 0.3 is 0 Å². The summed E-state index contributed by atoms with van der Waals surface area (Å²) in [5.74, 6) is 0. The second-order valence-electron chi connectivity index (χ2n) is 4.21. The molecule has 2 heteroatoms. The highest BCUT2D eigenvalue weighted by Crippen LogP contribution is 2.38. The van der Waals surface area contributed by atoms with Gasteiger partial charge < -0.3 is 0 Å². The molecule has 4 aromatic rings. The highest BCUT2D eigenvalue weighted by Gasteiger charge is 2.09. The van der Waals surface area contributed by atoms with Crippen LogP contribution in [-0.4, -0.2) is 0 Å². The molecule has 0 fully saturated rings. The van der Waals surface area contributed by atoms with Crippen molar-refractivity contribution in [1.29, 1.82) is 0 Å². The molecule has 0 bridgehead atoms. The van der Waals surface area contributed by atoms with Gasteiger partial charge in [-0.1, -0.05) is 18.2 Å². The average Bonchev–Trinajstić information content (AvgIpc) is 3.05. The van der Waals surface area contributed by atoms with E-state index < -0.39 is 0 Å². The van der Waals surface area contributed by atoms with Crippen molar-refractivity contribution in [3.63, 3.8) is 0 Å². The number of benzene rings is 2. The summed E-state index contributed by atoms with van der Waals surface area (Å²) in [4.78, 5) is 0. The minimum atomic E-state index is 1.31. The summed E-state index contributed by atoms with van der Waals surface area (Å²) >= 11 is 3.60. The predicted octanol–water partition coefficient (Wildman–Crippen LogP) is 5.58. The molecular weight excluding hydrogens is 256 g/mol. The zero-order valence-electron chi connectivity index (χ0n) is 9.51. The Morgan fingerprint density at radius 2 is 1.78 bits per heavy atom. The first-order valence-corrected chi connectivity index (χ1v) is 7.53. The van der Waals surface area contributed by atoms with Crippen LogP contribution in [0, 0.1) is 6.07 Å². The van der Waals surface area contributed by atoms with Crippen LogP contribution in [0.15, 0.2) is 53.2 Å². The lowest BCUT2D eigenvalue weighted by Crippen LogP contribution is -1.76. The monoisotopic (exact) mass is 265 g/mol. The molecule has 18 heavy (non-hydrogen) atoms. The molecule has 2 heterocycles. The Hall–Kier alpha value is -1.64. The Kier molecular flexibility index (Phi) is 2.25.